The molecule has 0 N–H and O–H groups in total. The van der Waals surface area contributed by atoms with E-state index in [4.69, 9.17) is 26.0 Å². The van der Waals surface area contributed by atoms with Crippen molar-refractivity contribution in [1.29, 1.82) is 0 Å². The summed E-state index contributed by atoms with van der Waals surface area (Å²) in [6.45, 7) is 0. The van der Waals surface area contributed by atoms with E-state index in [1.54, 1.807) is 0 Å². The van der Waals surface area contributed by atoms with Crippen LogP contribution >= 0.6 is 6.04 Å². The highest BCUT2D eigenvalue weighted by molar-refractivity contribution is 8.26. The maximum absolute atomic E-state index is 6.92. The van der Waals surface area contributed by atoms with E-state index in [1.807, 2.05) is 48.5 Å². The van der Waals surface area contributed by atoms with E-state index in [9.17, 15) is 0 Å². The molecule has 0 unspecified atom stereocenters. The molecule has 5 aliphatic heterocycles. The van der Waals surface area contributed by atoms with Crippen molar-refractivity contribution in [3.8, 4) is 34.5 Å². The first kappa shape index (κ1) is 18.9. The number of hydrogen-bond donors (Lipinski definition) is 0. The summed E-state index contributed by atoms with van der Waals surface area (Å²) >= 11 is 6.92. The lowest BCUT2D eigenvalue weighted by Gasteiger charge is -2.51. The van der Waals surface area contributed by atoms with Crippen molar-refractivity contribution in [1.82, 2.24) is 0 Å². The Kier molecular flexibility index (Phi) is 3.07. The molecule has 7 heteroatoms. The van der Waals surface area contributed by atoms with Crippen LogP contribution in [0.15, 0.2) is 91.0 Å². The summed E-state index contributed by atoms with van der Waals surface area (Å²) in [5.41, 5.74) is 6.22. The maximum Gasteiger partial charge on any atom is 0.152 e. The van der Waals surface area contributed by atoms with Crippen molar-refractivity contribution < 1.29 is 14.2 Å². The first-order chi connectivity index (χ1) is 18.2. The molecule has 5 aromatic rings. The second-order valence-electron chi connectivity index (χ2n) is 9.68. The van der Waals surface area contributed by atoms with Gasteiger partial charge in [0.15, 0.2) is 23.0 Å². The lowest BCUT2D eigenvalue weighted by molar-refractivity contribution is 0.463. The number of para-hydroxylation sites is 4. The highest BCUT2D eigenvalue weighted by atomic mass is 32.4. The first-order valence-corrected chi connectivity index (χ1v) is 14.9. The summed E-state index contributed by atoms with van der Waals surface area (Å²) in [4.78, 5) is 4.65. The van der Waals surface area contributed by atoms with E-state index in [1.165, 1.54) is 5.30 Å². The van der Waals surface area contributed by atoms with Crippen molar-refractivity contribution >= 4 is 67.9 Å². The molecule has 5 aliphatic rings. The van der Waals surface area contributed by atoms with Crippen molar-refractivity contribution in [2.75, 3.05) is 9.80 Å². The van der Waals surface area contributed by atoms with Crippen LogP contribution in [0.1, 0.15) is 0 Å². The number of nitrogens with zero attached hydrogens (tertiary/aromatic N) is 2. The van der Waals surface area contributed by atoms with Crippen molar-refractivity contribution in [3.05, 3.63) is 91.0 Å². The zero-order valence-corrected chi connectivity index (χ0v) is 20.8. The molecule has 0 saturated heterocycles. The van der Waals surface area contributed by atoms with Gasteiger partial charge in [0.25, 0.3) is 0 Å². The fourth-order valence-electron chi connectivity index (χ4n) is 6.55. The Labute approximate surface area is 217 Å². The minimum Gasteiger partial charge on any atom is -0.456 e. The number of ether oxygens (including phenoxy) is 3. The van der Waals surface area contributed by atoms with Gasteiger partial charge in [-0.15, -0.1) is 0 Å². The number of fused-ring (bicyclic) bond motifs is 6. The lowest BCUT2D eigenvalue weighted by Crippen LogP contribution is -2.46. The fourth-order valence-corrected chi connectivity index (χ4v) is 11.7. The molecule has 0 amide bonds. The Bertz CT molecular complexity index is 1850. The Morgan fingerprint density at radius 1 is 0.432 bits per heavy atom. The van der Waals surface area contributed by atoms with Crippen LogP contribution in [0.4, 0.5) is 34.1 Å². The zero-order valence-electron chi connectivity index (χ0n) is 19.1. The number of rotatable bonds is 0. The summed E-state index contributed by atoms with van der Waals surface area (Å²) in [6, 6.07) is 28.4. The third-order valence-corrected chi connectivity index (χ3v) is 12.7. The molecule has 0 aromatic heterocycles. The second kappa shape index (κ2) is 6.00. The average Bonchev–Trinajstić information content (AvgIpc) is 2.93. The van der Waals surface area contributed by atoms with Gasteiger partial charge in [0, 0.05) is 5.30 Å². The molecule has 10 rings (SSSR count). The van der Waals surface area contributed by atoms with Crippen LogP contribution in [0, 0.1) is 0 Å². The van der Waals surface area contributed by atoms with Gasteiger partial charge < -0.3 is 24.0 Å². The van der Waals surface area contributed by atoms with E-state index in [0.717, 1.165) is 79.2 Å². The smallest absolute Gasteiger partial charge is 0.152 e. The van der Waals surface area contributed by atoms with Gasteiger partial charge in [0.2, 0.25) is 0 Å². The van der Waals surface area contributed by atoms with Crippen LogP contribution in [0.25, 0.3) is 0 Å². The Morgan fingerprint density at radius 3 is 1.41 bits per heavy atom. The summed E-state index contributed by atoms with van der Waals surface area (Å²) in [6.07, 6.45) is 0. The monoisotopic (exact) mass is 514 g/mol. The van der Waals surface area contributed by atoms with Gasteiger partial charge in [-0.1, -0.05) is 42.1 Å². The Hall–Kier alpha value is -4.25. The van der Waals surface area contributed by atoms with Crippen molar-refractivity contribution in [2.45, 2.75) is 0 Å². The van der Waals surface area contributed by atoms with Gasteiger partial charge in [-0.05, 0) is 60.7 Å². The van der Waals surface area contributed by atoms with Crippen LogP contribution in [0.3, 0.4) is 0 Å². The van der Waals surface area contributed by atoms with Crippen molar-refractivity contribution in [3.63, 3.8) is 0 Å². The molecule has 0 spiro atoms. The van der Waals surface area contributed by atoms with E-state index < -0.39 is 6.04 Å². The SMILES string of the molecule is S=P12c3c4cccc3N3c5ccccc5Oc5ccc(c1c53)Oc1ccc3c(c12)N4c1ccccc1O3. The van der Waals surface area contributed by atoms with Crippen LogP contribution in [0.5, 0.6) is 34.5 Å². The molecule has 0 atom stereocenters. The predicted octanol–water partition coefficient (Wildman–Crippen LogP) is 7.33. The summed E-state index contributed by atoms with van der Waals surface area (Å²) in [5.74, 6) is 4.89. The average molecular weight is 515 g/mol. The van der Waals surface area contributed by atoms with Gasteiger partial charge >= 0.3 is 0 Å². The predicted molar refractivity (Wildman–Crippen MR) is 149 cm³/mol. The molecule has 0 saturated carbocycles. The molecule has 0 bridgehead atoms. The molecule has 0 aliphatic carbocycles. The first-order valence-electron chi connectivity index (χ1n) is 12.1. The minimum atomic E-state index is -2.53. The molecule has 5 nitrogen and oxygen atoms in total. The van der Waals surface area contributed by atoms with Crippen LogP contribution in [-0.2, 0) is 11.8 Å². The molecular weight excluding hydrogens is 499 g/mol. The standard InChI is InChI=1S/C30H15N2O3PS/c37-36-28-18-8-5-9-19(28)32-17-7-2-4-11-21(17)34-23-13-15-25(30(36)27(23)32)35-24-14-12-22-26(29(24)36)31(18)16-6-1-3-10-20(16)33-22/h1-15H. The van der Waals surface area contributed by atoms with E-state index in [-0.39, 0.29) is 0 Å². The molecule has 174 valence electrons. The van der Waals surface area contributed by atoms with Crippen LogP contribution < -0.4 is 39.9 Å². The van der Waals surface area contributed by atoms with Gasteiger partial charge in [-0.3, -0.25) is 0 Å². The largest absolute Gasteiger partial charge is 0.456 e. The molecule has 37 heavy (non-hydrogen) atoms. The summed E-state index contributed by atoms with van der Waals surface area (Å²) in [5, 5.41) is 3.32. The second-order valence-corrected chi connectivity index (χ2v) is 13.9. The summed E-state index contributed by atoms with van der Waals surface area (Å²) in [7, 11) is 0. The normalized spacial score (nSPS) is 16.4. The van der Waals surface area contributed by atoms with E-state index >= 15 is 0 Å². The van der Waals surface area contributed by atoms with E-state index in [0.29, 0.717) is 0 Å². The third-order valence-electron chi connectivity index (χ3n) is 7.89. The lowest BCUT2D eigenvalue weighted by atomic mass is 10.1. The number of anilines is 6. The maximum atomic E-state index is 6.92. The molecule has 5 aromatic carbocycles. The molecule has 0 radical (unpaired) electrons. The van der Waals surface area contributed by atoms with Gasteiger partial charge in [0.05, 0.1) is 39.4 Å². The molecule has 5 heterocycles. The van der Waals surface area contributed by atoms with Gasteiger partial charge in [-0.2, -0.15) is 0 Å². The quantitative estimate of drug-likeness (QED) is 0.197. The van der Waals surface area contributed by atoms with E-state index in [2.05, 4.69) is 52.3 Å². The molecule has 0 fully saturated rings. The highest BCUT2D eigenvalue weighted by Crippen LogP contribution is 2.70. The minimum absolute atomic E-state index is 0.804. The molecular formula is C30H15N2O3PS. The van der Waals surface area contributed by atoms with Crippen LogP contribution in [-0.4, -0.2) is 0 Å². The third kappa shape index (κ3) is 1.96. The Balaban J connectivity index is 1.43. The Morgan fingerprint density at radius 2 is 0.865 bits per heavy atom. The topological polar surface area (TPSA) is 34.2 Å². The van der Waals surface area contributed by atoms with Crippen molar-refractivity contribution in [2.24, 2.45) is 0 Å². The summed E-state index contributed by atoms with van der Waals surface area (Å²) < 4.78 is 19.5. The number of benzene rings is 5. The van der Waals surface area contributed by atoms with Gasteiger partial charge in [0.1, 0.15) is 22.9 Å². The number of hydrogen-bond acceptors (Lipinski definition) is 6. The zero-order chi connectivity index (χ0) is 24.0. The highest BCUT2D eigenvalue weighted by Gasteiger charge is 2.54. The fraction of sp³-hybridized carbons (Fsp3) is 0. The van der Waals surface area contributed by atoms with Crippen LogP contribution in [0.2, 0.25) is 0 Å². The van der Waals surface area contributed by atoms with Gasteiger partial charge in [-0.25, -0.2) is 0 Å².